The first-order valence-electron chi connectivity index (χ1n) is 9.49. The van der Waals surface area contributed by atoms with Crippen LogP contribution in [0.25, 0.3) is 6.08 Å². The summed E-state index contributed by atoms with van der Waals surface area (Å²) < 4.78 is 0. The van der Waals surface area contributed by atoms with Crippen molar-refractivity contribution in [3.63, 3.8) is 0 Å². The predicted octanol–water partition coefficient (Wildman–Crippen LogP) is 4.53. The SMILES string of the molecule is CCCN(CCC)C(=O)C1=Cc2ccc(C(=O)Nc3nccs3)cc2N=CC1. The van der Waals surface area contributed by atoms with Crippen LogP contribution in [0.3, 0.4) is 0 Å². The first-order valence-corrected chi connectivity index (χ1v) is 10.4. The highest BCUT2D eigenvalue weighted by Crippen LogP contribution is 2.28. The molecule has 2 amide bonds. The third kappa shape index (κ3) is 4.72. The van der Waals surface area contributed by atoms with Crippen LogP contribution < -0.4 is 5.32 Å². The second-order valence-electron chi connectivity index (χ2n) is 6.54. The van der Waals surface area contributed by atoms with Gasteiger partial charge in [0, 0.05) is 54.0 Å². The molecule has 1 aromatic heterocycles. The molecule has 0 saturated carbocycles. The molecule has 0 bridgehead atoms. The molecule has 0 aliphatic carbocycles. The van der Waals surface area contributed by atoms with Gasteiger partial charge >= 0.3 is 0 Å². The zero-order valence-corrected chi connectivity index (χ0v) is 17.0. The van der Waals surface area contributed by atoms with Crippen molar-refractivity contribution < 1.29 is 9.59 Å². The molecule has 0 atom stereocenters. The Hall–Kier alpha value is -2.80. The van der Waals surface area contributed by atoms with Crippen molar-refractivity contribution in [3.8, 4) is 0 Å². The van der Waals surface area contributed by atoms with Crippen molar-refractivity contribution in [1.82, 2.24) is 9.88 Å². The Morgan fingerprint density at radius 2 is 2.00 bits per heavy atom. The lowest BCUT2D eigenvalue weighted by atomic mass is 10.0. The number of benzene rings is 1. The number of carbonyl (C=O) groups is 2. The van der Waals surface area contributed by atoms with Gasteiger partial charge in [-0.15, -0.1) is 11.3 Å². The summed E-state index contributed by atoms with van der Waals surface area (Å²) >= 11 is 1.37. The third-order valence-corrected chi connectivity index (χ3v) is 5.05. The molecule has 0 spiro atoms. The molecule has 1 N–H and O–H groups in total. The Balaban J connectivity index is 1.82. The summed E-state index contributed by atoms with van der Waals surface area (Å²) in [6, 6.07) is 5.33. The van der Waals surface area contributed by atoms with E-state index in [0.717, 1.165) is 37.1 Å². The number of nitrogens with zero attached hydrogens (tertiary/aromatic N) is 3. The van der Waals surface area contributed by atoms with E-state index in [4.69, 9.17) is 0 Å². The van der Waals surface area contributed by atoms with Crippen LogP contribution in [0.5, 0.6) is 0 Å². The van der Waals surface area contributed by atoms with E-state index in [1.807, 2.05) is 17.0 Å². The van der Waals surface area contributed by atoms with Gasteiger partial charge in [0.15, 0.2) is 5.13 Å². The zero-order valence-electron chi connectivity index (χ0n) is 16.1. The Morgan fingerprint density at radius 1 is 1.21 bits per heavy atom. The smallest absolute Gasteiger partial charge is 0.257 e. The maximum Gasteiger partial charge on any atom is 0.257 e. The van der Waals surface area contributed by atoms with Gasteiger partial charge in [0.2, 0.25) is 5.91 Å². The summed E-state index contributed by atoms with van der Waals surface area (Å²) in [5, 5.41) is 5.14. The molecule has 0 unspecified atom stereocenters. The summed E-state index contributed by atoms with van der Waals surface area (Å²) in [5.41, 5.74) is 2.76. The minimum absolute atomic E-state index is 0.0635. The maximum absolute atomic E-state index is 12.9. The number of amides is 2. The van der Waals surface area contributed by atoms with Crippen LogP contribution in [0.4, 0.5) is 10.8 Å². The zero-order chi connectivity index (χ0) is 19.9. The number of hydrogen-bond donors (Lipinski definition) is 1. The summed E-state index contributed by atoms with van der Waals surface area (Å²) in [4.78, 5) is 35.8. The average Bonchev–Trinajstić information content (AvgIpc) is 3.10. The molecule has 7 heteroatoms. The lowest BCUT2D eigenvalue weighted by molar-refractivity contribution is -0.127. The minimum Gasteiger partial charge on any atom is -0.339 e. The molecule has 2 aromatic rings. The largest absolute Gasteiger partial charge is 0.339 e. The average molecular weight is 397 g/mol. The van der Waals surface area contributed by atoms with Crippen LogP contribution >= 0.6 is 11.3 Å². The van der Waals surface area contributed by atoms with E-state index in [0.29, 0.717) is 22.8 Å². The van der Waals surface area contributed by atoms with Gasteiger partial charge in [0.1, 0.15) is 0 Å². The standard InChI is InChI=1S/C21H24N4O2S/c1-3-10-25(11-4-2)20(27)17-7-8-22-18-14-16(6-5-15(18)13-17)19(26)24-21-23-9-12-28-21/h5-6,8-9,12-14H,3-4,7,10-11H2,1-2H3,(H,23,24,26). The number of hydrogen-bond acceptors (Lipinski definition) is 5. The van der Waals surface area contributed by atoms with Crippen LogP contribution in [0, 0.1) is 0 Å². The fourth-order valence-electron chi connectivity index (χ4n) is 3.07. The first kappa shape index (κ1) is 19.9. The highest BCUT2D eigenvalue weighted by molar-refractivity contribution is 7.13. The summed E-state index contributed by atoms with van der Waals surface area (Å²) in [6.45, 7) is 5.66. The quantitative estimate of drug-likeness (QED) is 0.747. The fraction of sp³-hybridized carbons (Fsp3) is 0.333. The molecule has 28 heavy (non-hydrogen) atoms. The maximum atomic E-state index is 12.9. The second-order valence-corrected chi connectivity index (χ2v) is 7.44. The van der Waals surface area contributed by atoms with Gasteiger partial charge < -0.3 is 4.90 Å². The Morgan fingerprint density at radius 3 is 2.68 bits per heavy atom. The van der Waals surface area contributed by atoms with E-state index >= 15 is 0 Å². The van der Waals surface area contributed by atoms with Crippen LogP contribution in [0.1, 0.15) is 49.0 Å². The molecule has 0 saturated heterocycles. The van der Waals surface area contributed by atoms with Gasteiger partial charge in [0.25, 0.3) is 5.91 Å². The number of thiazole rings is 1. The van der Waals surface area contributed by atoms with E-state index in [1.165, 1.54) is 11.3 Å². The molecule has 0 radical (unpaired) electrons. The second kappa shape index (κ2) is 9.41. The van der Waals surface area contributed by atoms with E-state index in [9.17, 15) is 9.59 Å². The Labute approximate surface area is 169 Å². The van der Waals surface area contributed by atoms with Gasteiger partial charge in [-0.05, 0) is 31.1 Å². The molecule has 1 aliphatic rings. The molecular weight excluding hydrogens is 372 g/mol. The Kier molecular flexibility index (Phi) is 6.71. The van der Waals surface area contributed by atoms with Crippen molar-refractivity contribution in [2.75, 3.05) is 18.4 Å². The van der Waals surface area contributed by atoms with Crippen LogP contribution in [0.2, 0.25) is 0 Å². The number of aliphatic imine (C=N–C) groups is 1. The van der Waals surface area contributed by atoms with Gasteiger partial charge in [-0.3, -0.25) is 19.9 Å². The van der Waals surface area contributed by atoms with Crippen molar-refractivity contribution in [3.05, 3.63) is 46.5 Å². The van der Waals surface area contributed by atoms with Gasteiger partial charge in [-0.1, -0.05) is 19.9 Å². The van der Waals surface area contributed by atoms with E-state index in [-0.39, 0.29) is 11.8 Å². The van der Waals surface area contributed by atoms with Crippen molar-refractivity contribution >= 4 is 46.3 Å². The van der Waals surface area contributed by atoms with E-state index < -0.39 is 0 Å². The number of fused-ring (bicyclic) bond motifs is 1. The molecular formula is C21H24N4O2S. The third-order valence-electron chi connectivity index (χ3n) is 4.37. The lowest BCUT2D eigenvalue weighted by Gasteiger charge is -2.22. The molecule has 3 rings (SSSR count). The minimum atomic E-state index is -0.227. The Bertz CT molecular complexity index is 897. The van der Waals surface area contributed by atoms with E-state index in [1.54, 1.807) is 29.9 Å². The number of aromatic nitrogens is 1. The summed E-state index contributed by atoms with van der Waals surface area (Å²) in [6.07, 6.45) is 7.63. The molecule has 0 fully saturated rings. The molecule has 6 nitrogen and oxygen atoms in total. The van der Waals surface area contributed by atoms with Crippen LogP contribution in [-0.2, 0) is 4.79 Å². The fourth-order valence-corrected chi connectivity index (χ4v) is 3.59. The molecule has 2 heterocycles. The lowest BCUT2D eigenvalue weighted by Crippen LogP contribution is -2.33. The number of nitrogens with one attached hydrogen (secondary N) is 1. The van der Waals surface area contributed by atoms with Crippen LogP contribution in [0.15, 0.2) is 40.3 Å². The summed E-state index contributed by atoms with van der Waals surface area (Å²) in [7, 11) is 0. The first-order chi connectivity index (χ1) is 13.6. The van der Waals surface area contributed by atoms with Crippen molar-refractivity contribution in [1.29, 1.82) is 0 Å². The van der Waals surface area contributed by atoms with Gasteiger partial charge in [-0.2, -0.15) is 0 Å². The normalized spacial score (nSPS) is 12.7. The number of anilines is 1. The summed E-state index contributed by atoms with van der Waals surface area (Å²) in [5.74, 6) is -0.164. The molecule has 1 aromatic carbocycles. The highest BCUT2D eigenvalue weighted by Gasteiger charge is 2.19. The predicted molar refractivity (Wildman–Crippen MR) is 114 cm³/mol. The van der Waals surface area contributed by atoms with Gasteiger partial charge in [0.05, 0.1) is 5.69 Å². The van der Waals surface area contributed by atoms with Crippen LogP contribution in [-0.4, -0.2) is 41.0 Å². The number of carbonyl (C=O) groups excluding carboxylic acids is 2. The molecule has 146 valence electrons. The van der Waals surface area contributed by atoms with Crippen molar-refractivity contribution in [2.45, 2.75) is 33.1 Å². The topological polar surface area (TPSA) is 74.7 Å². The monoisotopic (exact) mass is 396 g/mol. The molecule has 1 aliphatic heterocycles. The van der Waals surface area contributed by atoms with Crippen molar-refractivity contribution in [2.24, 2.45) is 4.99 Å². The number of rotatable bonds is 7. The van der Waals surface area contributed by atoms with Gasteiger partial charge in [-0.25, -0.2) is 4.98 Å². The highest BCUT2D eigenvalue weighted by atomic mass is 32.1. The van der Waals surface area contributed by atoms with E-state index in [2.05, 4.69) is 29.1 Å².